The summed E-state index contributed by atoms with van der Waals surface area (Å²) < 4.78 is 36.3. The third kappa shape index (κ3) is 5.83. The van der Waals surface area contributed by atoms with Crippen molar-refractivity contribution in [2.75, 3.05) is 38.3 Å². The molecule has 3 N–H and O–H groups in total. The quantitative estimate of drug-likeness (QED) is 0.326. The average molecular weight is 510 g/mol. The van der Waals surface area contributed by atoms with Crippen LogP contribution in [-0.2, 0) is 4.79 Å². The second kappa shape index (κ2) is 11.0. The Morgan fingerprint density at radius 3 is 2.70 bits per heavy atom. The molecule has 0 radical (unpaired) electrons. The number of benzene rings is 1. The molecule has 0 fully saturated rings. The minimum absolute atomic E-state index is 0.0564. The van der Waals surface area contributed by atoms with Crippen molar-refractivity contribution in [2.24, 2.45) is 0 Å². The number of ether oxygens (including phenoxy) is 1. The predicted octanol–water partition coefficient (Wildman–Crippen LogP) is 2.94. The predicted molar refractivity (Wildman–Crippen MR) is 133 cm³/mol. The molecule has 13 heteroatoms. The van der Waals surface area contributed by atoms with E-state index < -0.39 is 11.6 Å². The molecule has 0 aliphatic heterocycles. The van der Waals surface area contributed by atoms with E-state index in [1.807, 2.05) is 19.0 Å². The van der Waals surface area contributed by atoms with Crippen molar-refractivity contribution in [3.63, 3.8) is 0 Å². The van der Waals surface area contributed by atoms with Crippen molar-refractivity contribution in [3.8, 4) is 34.0 Å². The highest BCUT2D eigenvalue weighted by Crippen LogP contribution is 2.32. The number of aromatic nitrogens is 6. The first-order valence-electron chi connectivity index (χ1n) is 11.3. The molecular formula is C24H25F2N9O2. The Bertz CT molecular complexity index is 1430. The van der Waals surface area contributed by atoms with E-state index >= 15 is 4.39 Å². The molecule has 0 spiro atoms. The van der Waals surface area contributed by atoms with Gasteiger partial charge in [0.2, 0.25) is 11.7 Å². The summed E-state index contributed by atoms with van der Waals surface area (Å²) in [7, 11) is 3.83. The molecule has 192 valence electrons. The molecule has 0 saturated heterocycles. The molecule has 0 aliphatic carbocycles. The molecule has 1 aromatic carbocycles. The van der Waals surface area contributed by atoms with Gasteiger partial charge in [-0.15, -0.1) is 5.10 Å². The van der Waals surface area contributed by atoms with Crippen LogP contribution in [0.3, 0.4) is 0 Å². The van der Waals surface area contributed by atoms with Crippen LogP contribution in [0.1, 0.15) is 13.3 Å². The number of nitrogens with one attached hydrogen (secondary N) is 1. The Morgan fingerprint density at radius 1 is 1.14 bits per heavy atom. The zero-order chi connectivity index (χ0) is 26.5. The van der Waals surface area contributed by atoms with Crippen LogP contribution >= 0.6 is 0 Å². The number of carbonyl (C=O) groups excluding carboxylic acids is 1. The number of rotatable bonds is 9. The van der Waals surface area contributed by atoms with Crippen LogP contribution in [-0.4, -0.2) is 68.2 Å². The fourth-order valence-corrected chi connectivity index (χ4v) is 3.55. The molecule has 0 atom stereocenters. The van der Waals surface area contributed by atoms with Crippen LogP contribution in [0.25, 0.3) is 28.2 Å². The van der Waals surface area contributed by atoms with E-state index in [1.54, 1.807) is 18.2 Å². The number of amides is 1. The lowest BCUT2D eigenvalue weighted by molar-refractivity contribution is -0.114. The summed E-state index contributed by atoms with van der Waals surface area (Å²) in [6.45, 7) is 2.36. The molecule has 4 aromatic rings. The Hall–Kier alpha value is -4.52. The van der Waals surface area contributed by atoms with E-state index in [1.165, 1.54) is 31.5 Å². The molecule has 3 aromatic heterocycles. The average Bonchev–Trinajstić information content (AvgIpc) is 3.33. The number of anilines is 2. The molecule has 37 heavy (non-hydrogen) atoms. The normalized spacial score (nSPS) is 11.1. The van der Waals surface area contributed by atoms with Gasteiger partial charge >= 0.3 is 0 Å². The first-order valence-corrected chi connectivity index (χ1v) is 11.3. The SMILES string of the molecule is CC(=O)Nc1cc(-c2cnc(N)c(-c3nnnn3-c3ccc(OCCCN(C)C)c(F)c3F)c2)ccn1. The second-order valence-electron chi connectivity index (χ2n) is 8.40. The van der Waals surface area contributed by atoms with Crippen LogP contribution < -0.4 is 15.8 Å². The number of nitrogens with two attached hydrogens (primary N) is 1. The number of nitrogen functional groups attached to an aromatic ring is 1. The Kier molecular flexibility index (Phi) is 7.63. The summed E-state index contributed by atoms with van der Waals surface area (Å²) in [6, 6.07) is 7.70. The van der Waals surface area contributed by atoms with Crippen LogP contribution in [0.15, 0.2) is 42.7 Å². The van der Waals surface area contributed by atoms with Gasteiger partial charge in [-0.25, -0.2) is 14.4 Å². The number of halogens is 2. The number of carbonyl (C=O) groups is 1. The lowest BCUT2D eigenvalue weighted by Crippen LogP contribution is -2.16. The van der Waals surface area contributed by atoms with Gasteiger partial charge in [-0.05, 0) is 66.8 Å². The highest BCUT2D eigenvalue weighted by Gasteiger charge is 2.22. The summed E-state index contributed by atoms with van der Waals surface area (Å²) in [4.78, 5) is 21.7. The van der Waals surface area contributed by atoms with Gasteiger partial charge in [0.05, 0.1) is 12.2 Å². The van der Waals surface area contributed by atoms with Gasteiger partial charge in [-0.1, -0.05) is 0 Å². The van der Waals surface area contributed by atoms with Crippen molar-refractivity contribution in [2.45, 2.75) is 13.3 Å². The van der Waals surface area contributed by atoms with Crippen molar-refractivity contribution in [1.82, 2.24) is 35.1 Å². The maximum atomic E-state index is 15.1. The first kappa shape index (κ1) is 25.6. The Balaban J connectivity index is 1.66. The molecular weight excluding hydrogens is 484 g/mol. The second-order valence-corrected chi connectivity index (χ2v) is 8.40. The highest BCUT2D eigenvalue weighted by atomic mass is 19.2. The number of pyridine rings is 2. The van der Waals surface area contributed by atoms with Gasteiger partial charge in [0.15, 0.2) is 17.4 Å². The summed E-state index contributed by atoms with van der Waals surface area (Å²) in [5.41, 5.74) is 7.47. The molecule has 0 bridgehead atoms. The Labute approximate surface area is 211 Å². The topological polar surface area (TPSA) is 137 Å². The van der Waals surface area contributed by atoms with E-state index in [0.29, 0.717) is 28.9 Å². The van der Waals surface area contributed by atoms with Crippen LogP contribution in [0, 0.1) is 11.6 Å². The summed E-state index contributed by atoms with van der Waals surface area (Å²) >= 11 is 0. The minimum Gasteiger partial charge on any atom is -0.490 e. The van der Waals surface area contributed by atoms with E-state index in [2.05, 4.69) is 30.8 Å². The fraction of sp³-hybridized carbons (Fsp3) is 0.250. The van der Waals surface area contributed by atoms with E-state index in [4.69, 9.17) is 10.5 Å². The molecule has 0 aliphatic rings. The largest absolute Gasteiger partial charge is 0.490 e. The zero-order valence-corrected chi connectivity index (χ0v) is 20.4. The highest BCUT2D eigenvalue weighted by molar-refractivity contribution is 5.88. The maximum absolute atomic E-state index is 15.1. The monoisotopic (exact) mass is 509 g/mol. The van der Waals surface area contributed by atoms with Crippen LogP contribution in [0.5, 0.6) is 5.75 Å². The Morgan fingerprint density at radius 2 is 1.95 bits per heavy atom. The van der Waals surface area contributed by atoms with E-state index in [-0.39, 0.29) is 35.6 Å². The van der Waals surface area contributed by atoms with Crippen molar-refractivity contribution < 1.29 is 18.3 Å². The smallest absolute Gasteiger partial charge is 0.222 e. The molecule has 0 saturated carbocycles. The lowest BCUT2D eigenvalue weighted by atomic mass is 10.1. The summed E-state index contributed by atoms with van der Waals surface area (Å²) in [5.74, 6) is -2.29. The van der Waals surface area contributed by atoms with Gasteiger partial charge in [0.25, 0.3) is 0 Å². The number of hydrogen-bond acceptors (Lipinski definition) is 9. The molecule has 11 nitrogen and oxygen atoms in total. The number of hydrogen-bond donors (Lipinski definition) is 2. The molecule has 4 rings (SSSR count). The van der Waals surface area contributed by atoms with Crippen molar-refractivity contribution in [1.29, 1.82) is 0 Å². The first-order chi connectivity index (χ1) is 17.7. The summed E-state index contributed by atoms with van der Waals surface area (Å²) in [6.07, 6.45) is 3.71. The van der Waals surface area contributed by atoms with Gasteiger partial charge in [-0.3, -0.25) is 4.79 Å². The third-order valence-electron chi connectivity index (χ3n) is 5.29. The molecule has 3 heterocycles. The van der Waals surface area contributed by atoms with E-state index in [0.717, 1.165) is 11.2 Å². The lowest BCUT2D eigenvalue weighted by Gasteiger charge is -2.13. The van der Waals surface area contributed by atoms with Gasteiger partial charge in [0, 0.05) is 31.4 Å². The maximum Gasteiger partial charge on any atom is 0.222 e. The van der Waals surface area contributed by atoms with E-state index in [9.17, 15) is 9.18 Å². The third-order valence-corrected chi connectivity index (χ3v) is 5.29. The van der Waals surface area contributed by atoms with Gasteiger partial charge < -0.3 is 20.7 Å². The van der Waals surface area contributed by atoms with Gasteiger partial charge in [-0.2, -0.15) is 9.07 Å². The fourth-order valence-electron chi connectivity index (χ4n) is 3.55. The standard InChI is InChI=1S/C24H25F2N9O2/c1-14(36)30-20-12-15(7-8-28-20)16-11-17(23(27)29-13-16)24-31-32-33-35(24)18-5-6-19(22(26)21(18)25)37-10-4-9-34(2)3/h5-8,11-13H,4,9-10H2,1-3H3,(H2,27,29)(H,28,30,36). The van der Waals surface area contributed by atoms with Crippen molar-refractivity contribution >= 4 is 17.5 Å². The van der Waals surface area contributed by atoms with Crippen LogP contribution in [0.4, 0.5) is 20.4 Å². The summed E-state index contributed by atoms with van der Waals surface area (Å²) in [5, 5.41) is 14.1. The van der Waals surface area contributed by atoms with Gasteiger partial charge in [0.1, 0.15) is 17.3 Å². The van der Waals surface area contributed by atoms with Crippen molar-refractivity contribution in [3.05, 3.63) is 54.4 Å². The minimum atomic E-state index is -1.17. The number of nitrogens with zero attached hydrogens (tertiary/aromatic N) is 7. The van der Waals surface area contributed by atoms with Crippen LogP contribution in [0.2, 0.25) is 0 Å². The molecule has 0 unspecified atom stereocenters. The zero-order valence-electron chi connectivity index (χ0n) is 20.4. The number of tetrazole rings is 1. The molecule has 1 amide bonds.